The van der Waals surface area contributed by atoms with Gasteiger partial charge in [0.2, 0.25) is 0 Å². The van der Waals surface area contributed by atoms with Gasteiger partial charge in [0.1, 0.15) is 0 Å². The first kappa shape index (κ1) is 22.1. The smallest absolute Gasteiger partial charge is 0.0900 e. The molecule has 1 aliphatic heterocycles. The van der Waals surface area contributed by atoms with E-state index in [4.69, 9.17) is 33.2 Å². The van der Waals surface area contributed by atoms with Crippen molar-refractivity contribution in [3.05, 3.63) is 94.0 Å². The van der Waals surface area contributed by atoms with Gasteiger partial charge in [0.05, 0.1) is 61.4 Å². The van der Waals surface area contributed by atoms with Gasteiger partial charge in [0.25, 0.3) is 0 Å². The summed E-state index contributed by atoms with van der Waals surface area (Å²) in [5, 5.41) is 5.47. The first-order chi connectivity index (χ1) is 17.0. The van der Waals surface area contributed by atoms with E-state index in [2.05, 4.69) is 33.1 Å². The minimum atomic E-state index is 0.344. The fraction of sp³-hybridized carbons (Fsp3) is 0.179. The van der Waals surface area contributed by atoms with Gasteiger partial charge in [-0.15, -0.1) is 0 Å². The summed E-state index contributed by atoms with van der Waals surface area (Å²) in [5.74, 6) is 0. The highest BCUT2D eigenvalue weighted by molar-refractivity contribution is 6.42. The molecule has 0 amide bonds. The highest BCUT2D eigenvalue weighted by Crippen LogP contribution is 2.33. The summed E-state index contributed by atoms with van der Waals surface area (Å²) in [6.07, 6.45) is 5.30. The molecule has 6 rings (SSSR count). The fourth-order valence-corrected chi connectivity index (χ4v) is 4.65. The number of benzene rings is 3. The summed E-state index contributed by atoms with van der Waals surface area (Å²) >= 11 is 12.7. The third kappa shape index (κ3) is 4.26. The molecule has 0 atom stereocenters. The lowest BCUT2D eigenvalue weighted by Gasteiger charge is -2.23. The van der Waals surface area contributed by atoms with Crippen LogP contribution in [0, 0.1) is 6.92 Å². The van der Waals surface area contributed by atoms with Crippen molar-refractivity contribution >= 4 is 45.6 Å². The first-order valence-electron chi connectivity index (χ1n) is 11.7. The summed E-state index contributed by atoms with van der Waals surface area (Å²) < 4.78 is 2.18. The van der Waals surface area contributed by atoms with Gasteiger partial charge in [-0.2, -0.15) is 0 Å². The molecule has 2 aromatic carbocycles. The van der Waals surface area contributed by atoms with E-state index in [9.17, 15) is 0 Å². The van der Waals surface area contributed by atoms with Crippen LogP contribution in [0.2, 0.25) is 10.0 Å². The van der Waals surface area contributed by atoms with Crippen LogP contribution in [0.5, 0.6) is 0 Å². The maximum atomic E-state index is 6.42. The van der Waals surface area contributed by atoms with E-state index in [0.717, 1.165) is 63.4 Å². The molecule has 7 heteroatoms. The average Bonchev–Trinajstić information content (AvgIpc) is 2.83. The van der Waals surface area contributed by atoms with Crippen LogP contribution in [0.25, 0.3) is 28.1 Å². The number of halogens is 2. The number of pyridine rings is 1. The zero-order valence-electron chi connectivity index (χ0n) is 19.2. The number of hydrogen-bond acceptors (Lipinski definition) is 4. The highest BCUT2D eigenvalue weighted by Gasteiger charge is 2.20. The van der Waals surface area contributed by atoms with Crippen LogP contribution in [0.4, 0.5) is 11.4 Å². The molecular formula is C28H23Cl2N5. The van der Waals surface area contributed by atoms with Crippen molar-refractivity contribution in [3.8, 4) is 17.1 Å². The molecule has 0 saturated heterocycles. The van der Waals surface area contributed by atoms with Crippen molar-refractivity contribution in [3.63, 3.8) is 0 Å². The molecule has 1 aromatic heterocycles. The van der Waals surface area contributed by atoms with Gasteiger partial charge in [-0.05, 0) is 80.8 Å². The molecule has 2 aliphatic carbocycles. The molecule has 0 radical (unpaired) electrons. The normalized spacial score (nSPS) is 14.4. The fourth-order valence-electron chi connectivity index (χ4n) is 4.36. The molecule has 174 valence electrons. The number of rotatable bonds is 4. The monoisotopic (exact) mass is 499 g/mol. The second-order valence-corrected chi connectivity index (χ2v) is 9.73. The minimum Gasteiger partial charge on any atom is -0.352 e. The summed E-state index contributed by atoms with van der Waals surface area (Å²) in [5.41, 5.74) is 7.40. The van der Waals surface area contributed by atoms with Gasteiger partial charge in [0, 0.05) is 11.4 Å². The highest BCUT2D eigenvalue weighted by atomic mass is 35.5. The van der Waals surface area contributed by atoms with E-state index in [-0.39, 0.29) is 0 Å². The molecule has 0 bridgehead atoms. The lowest BCUT2D eigenvalue weighted by molar-refractivity contribution is 0.413. The van der Waals surface area contributed by atoms with E-state index >= 15 is 0 Å². The van der Waals surface area contributed by atoms with Crippen LogP contribution in [0.15, 0.2) is 77.9 Å². The quantitative estimate of drug-likeness (QED) is 0.263. The summed E-state index contributed by atoms with van der Waals surface area (Å²) in [7, 11) is 0. The molecule has 1 saturated carbocycles. The van der Waals surface area contributed by atoms with E-state index in [0.29, 0.717) is 16.1 Å². The van der Waals surface area contributed by atoms with E-state index in [1.165, 1.54) is 6.42 Å². The number of aryl methyl sites for hydroxylation is 1. The maximum absolute atomic E-state index is 6.42. The largest absolute Gasteiger partial charge is 0.352 e. The number of para-hydroxylation sites is 2. The molecule has 2 heterocycles. The Morgan fingerprint density at radius 2 is 1.83 bits per heavy atom. The molecule has 0 spiro atoms. The summed E-state index contributed by atoms with van der Waals surface area (Å²) in [4.78, 5) is 14.5. The lowest BCUT2D eigenvalue weighted by atomic mass is 9.94. The Balaban J connectivity index is 1.63. The Labute approximate surface area is 213 Å². The molecule has 1 fully saturated rings. The Kier molecular flexibility index (Phi) is 5.67. The van der Waals surface area contributed by atoms with Gasteiger partial charge >= 0.3 is 0 Å². The third-order valence-corrected chi connectivity index (χ3v) is 7.18. The van der Waals surface area contributed by atoms with Crippen LogP contribution >= 0.6 is 23.2 Å². The predicted octanol–water partition coefficient (Wildman–Crippen LogP) is 7.34. The van der Waals surface area contributed by atoms with E-state index < -0.39 is 0 Å². The summed E-state index contributed by atoms with van der Waals surface area (Å²) in [6, 6.07) is 22.4. The zero-order valence-corrected chi connectivity index (χ0v) is 20.7. The van der Waals surface area contributed by atoms with Crippen LogP contribution in [-0.2, 0) is 0 Å². The van der Waals surface area contributed by atoms with Gasteiger partial charge in [0.15, 0.2) is 0 Å². The number of aromatic nitrogens is 3. The predicted molar refractivity (Wildman–Crippen MR) is 143 cm³/mol. The molecule has 5 nitrogen and oxygen atoms in total. The van der Waals surface area contributed by atoms with Crippen LogP contribution in [-0.4, -0.2) is 20.6 Å². The Hall–Kier alpha value is -3.41. The first-order valence-corrected chi connectivity index (χ1v) is 12.5. The number of hydrogen-bond donors (Lipinski definition) is 1. The summed E-state index contributed by atoms with van der Waals surface area (Å²) in [6.45, 7) is 1.98. The molecular weight excluding hydrogens is 477 g/mol. The maximum Gasteiger partial charge on any atom is 0.0900 e. The zero-order chi connectivity index (χ0) is 23.9. The van der Waals surface area contributed by atoms with Gasteiger partial charge in [-0.1, -0.05) is 35.3 Å². The molecule has 3 aliphatic rings. The Bertz CT molecular complexity index is 1590. The molecule has 0 unspecified atom stereocenters. The van der Waals surface area contributed by atoms with Gasteiger partial charge in [-0.25, -0.2) is 4.98 Å². The standard InChI is InChI=1S/C28H23Cl2N5/c1-17-9-10-19(16-31-17)33-24-14-26-28(15-25(24)32-18-5-4-6-18)35(20-11-12-21(29)22(30)13-20)27-8-3-2-7-23(27)34-26/h2-3,7-16,18,33H,4-6H2,1H3. The van der Waals surface area contributed by atoms with Crippen LogP contribution < -0.4 is 10.7 Å². The lowest BCUT2D eigenvalue weighted by Crippen LogP contribution is -2.22. The Morgan fingerprint density at radius 3 is 2.57 bits per heavy atom. The van der Waals surface area contributed by atoms with Crippen molar-refractivity contribution in [2.45, 2.75) is 32.2 Å². The number of anilines is 2. The van der Waals surface area contributed by atoms with E-state index in [1.807, 2.05) is 61.7 Å². The third-order valence-electron chi connectivity index (χ3n) is 6.45. The molecule has 35 heavy (non-hydrogen) atoms. The average molecular weight is 500 g/mol. The van der Waals surface area contributed by atoms with Crippen molar-refractivity contribution in [2.75, 3.05) is 5.32 Å². The topological polar surface area (TPSA) is 55.1 Å². The van der Waals surface area contributed by atoms with Crippen LogP contribution in [0.1, 0.15) is 25.0 Å². The second-order valence-electron chi connectivity index (χ2n) is 8.92. The van der Waals surface area contributed by atoms with E-state index in [1.54, 1.807) is 0 Å². The minimum absolute atomic E-state index is 0.344. The van der Waals surface area contributed by atoms with Crippen molar-refractivity contribution in [1.29, 1.82) is 0 Å². The van der Waals surface area contributed by atoms with Crippen molar-refractivity contribution < 1.29 is 0 Å². The number of nitrogens with zero attached hydrogens (tertiary/aromatic N) is 4. The number of nitrogens with one attached hydrogen (secondary N) is 1. The number of fused-ring (bicyclic) bond motifs is 2. The molecule has 1 N–H and O–H groups in total. The van der Waals surface area contributed by atoms with Gasteiger partial charge in [-0.3, -0.25) is 9.98 Å². The Morgan fingerprint density at radius 1 is 0.971 bits per heavy atom. The van der Waals surface area contributed by atoms with Gasteiger partial charge < -0.3 is 9.88 Å². The molecule has 3 aromatic rings. The second kappa shape index (κ2) is 8.99. The SMILES string of the molecule is Cc1ccc(Nc2cc3nc4ccccc4n(-c4ccc(Cl)c(Cl)c4)c-3cc2=NC2CCC2)cn1. The van der Waals surface area contributed by atoms with Crippen molar-refractivity contribution in [1.82, 2.24) is 14.5 Å². The van der Waals surface area contributed by atoms with Crippen LogP contribution in [0.3, 0.4) is 0 Å². The van der Waals surface area contributed by atoms with Crippen molar-refractivity contribution in [2.24, 2.45) is 4.99 Å².